The van der Waals surface area contributed by atoms with Crippen LogP contribution in [0.5, 0.6) is 0 Å². The molecule has 0 N–H and O–H groups in total. The third-order valence-electron chi connectivity index (χ3n) is 1.50. The first-order chi connectivity index (χ1) is 4.66. The van der Waals surface area contributed by atoms with Crippen LogP contribution in [0.1, 0.15) is 33.6 Å². The van der Waals surface area contributed by atoms with Crippen molar-refractivity contribution >= 4 is 0 Å². The van der Waals surface area contributed by atoms with E-state index in [9.17, 15) is 0 Å². The molecule has 0 fully saturated rings. The van der Waals surface area contributed by atoms with E-state index < -0.39 is 0 Å². The maximum absolute atomic E-state index is 5.34. The molecule has 0 aliphatic heterocycles. The van der Waals surface area contributed by atoms with Crippen LogP contribution in [0, 0.1) is 12.5 Å². The van der Waals surface area contributed by atoms with E-state index in [4.69, 9.17) is 6.58 Å². The van der Waals surface area contributed by atoms with Gasteiger partial charge in [0.2, 0.25) is 0 Å². The first-order valence-corrected chi connectivity index (χ1v) is 3.85. The molecule has 1 unspecified atom stereocenters. The molecule has 1 atom stereocenters. The first kappa shape index (κ1) is 9.48. The predicted molar refractivity (Wildman–Crippen MR) is 46.7 cm³/mol. The molecular weight excluding hydrogens is 120 g/mol. The molecule has 0 heterocycles. The van der Waals surface area contributed by atoms with Gasteiger partial charge in [-0.05, 0) is 32.6 Å². The van der Waals surface area contributed by atoms with Crippen molar-refractivity contribution in [2.24, 2.45) is 5.92 Å². The molecule has 0 saturated heterocycles. The summed E-state index contributed by atoms with van der Waals surface area (Å²) in [6.45, 7) is 11.7. The number of hydrogen-bond acceptors (Lipinski definition) is 0. The summed E-state index contributed by atoms with van der Waals surface area (Å²) < 4.78 is 0. The van der Waals surface area contributed by atoms with E-state index in [1.807, 2.05) is 0 Å². The van der Waals surface area contributed by atoms with Crippen molar-refractivity contribution < 1.29 is 0 Å². The summed E-state index contributed by atoms with van der Waals surface area (Å²) in [6, 6.07) is 0. The van der Waals surface area contributed by atoms with Gasteiger partial charge >= 0.3 is 0 Å². The van der Waals surface area contributed by atoms with Crippen LogP contribution in [-0.4, -0.2) is 0 Å². The zero-order chi connectivity index (χ0) is 7.98. The van der Waals surface area contributed by atoms with Crippen molar-refractivity contribution in [3.63, 3.8) is 0 Å². The zero-order valence-electron chi connectivity index (χ0n) is 7.22. The fourth-order valence-corrected chi connectivity index (χ4v) is 0.731. The molecule has 0 rings (SSSR count). The smallest absolute Gasteiger partial charge is 0.0256 e. The van der Waals surface area contributed by atoms with E-state index in [0.29, 0.717) is 5.92 Å². The van der Waals surface area contributed by atoms with E-state index in [1.54, 1.807) is 6.08 Å². The van der Waals surface area contributed by atoms with Crippen LogP contribution in [-0.2, 0) is 0 Å². The molecule has 0 aliphatic rings. The molecule has 0 heteroatoms. The van der Waals surface area contributed by atoms with E-state index in [1.165, 1.54) is 12.0 Å². The Bertz CT molecular complexity index is 116. The summed E-state index contributed by atoms with van der Waals surface area (Å²) in [4.78, 5) is 0. The monoisotopic (exact) mass is 137 g/mol. The maximum atomic E-state index is 5.34. The molecule has 0 nitrogen and oxygen atoms in total. The van der Waals surface area contributed by atoms with Crippen LogP contribution in [0.3, 0.4) is 0 Å². The van der Waals surface area contributed by atoms with Crippen molar-refractivity contribution in [2.45, 2.75) is 33.6 Å². The molecule has 57 valence electrons. The topological polar surface area (TPSA) is 0 Å². The van der Waals surface area contributed by atoms with Crippen molar-refractivity contribution in [3.05, 3.63) is 24.3 Å². The lowest BCUT2D eigenvalue weighted by Gasteiger charge is -2.00. The summed E-state index contributed by atoms with van der Waals surface area (Å²) in [5, 5.41) is 0. The zero-order valence-corrected chi connectivity index (χ0v) is 7.22. The lowest BCUT2D eigenvalue weighted by molar-refractivity contribution is 0.657. The minimum atomic E-state index is 0.551. The van der Waals surface area contributed by atoms with Gasteiger partial charge in [0, 0.05) is 0 Å². The van der Waals surface area contributed by atoms with Gasteiger partial charge in [0.1, 0.15) is 0 Å². The molecule has 0 saturated carbocycles. The number of allylic oxidation sites excluding steroid dienone is 3. The Balaban J connectivity index is 3.36. The van der Waals surface area contributed by atoms with E-state index in [0.717, 1.165) is 6.42 Å². The van der Waals surface area contributed by atoms with Crippen molar-refractivity contribution in [2.75, 3.05) is 0 Å². The third-order valence-corrected chi connectivity index (χ3v) is 1.50. The van der Waals surface area contributed by atoms with Crippen molar-refractivity contribution in [1.29, 1.82) is 0 Å². The highest BCUT2D eigenvalue weighted by molar-refractivity contribution is 4.93. The normalized spacial score (nSPS) is 12.3. The van der Waals surface area contributed by atoms with E-state index in [-0.39, 0.29) is 0 Å². The minimum Gasteiger partial charge on any atom is -0.0859 e. The molecule has 10 heavy (non-hydrogen) atoms. The van der Waals surface area contributed by atoms with Crippen LogP contribution in [0.2, 0.25) is 0 Å². The Hall–Kier alpha value is -0.520. The second-order valence-corrected chi connectivity index (χ2v) is 3.03. The Morgan fingerprint density at radius 3 is 2.50 bits per heavy atom. The lowest BCUT2D eigenvalue weighted by atomic mass is 10.1. The second-order valence-electron chi connectivity index (χ2n) is 3.03. The number of rotatable bonds is 4. The largest absolute Gasteiger partial charge is 0.0859 e. The molecule has 0 spiro atoms. The first-order valence-electron chi connectivity index (χ1n) is 3.85. The molecule has 0 aromatic carbocycles. The molecule has 1 radical (unpaired) electrons. The van der Waals surface area contributed by atoms with Crippen LogP contribution < -0.4 is 0 Å². The van der Waals surface area contributed by atoms with Crippen LogP contribution >= 0.6 is 0 Å². The van der Waals surface area contributed by atoms with Crippen LogP contribution in [0.4, 0.5) is 0 Å². The quantitative estimate of drug-likeness (QED) is 0.521. The van der Waals surface area contributed by atoms with Gasteiger partial charge in [0.15, 0.2) is 0 Å². The highest BCUT2D eigenvalue weighted by atomic mass is 14.0. The van der Waals surface area contributed by atoms with Gasteiger partial charge in [0.25, 0.3) is 0 Å². The fourth-order valence-electron chi connectivity index (χ4n) is 0.731. The summed E-state index contributed by atoms with van der Waals surface area (Å²) in [7, 11) is 0. The standard InChI is InChI=1S/C10H17/c1-5-10(4)8-6-7-9(2)3/h1,5,7,10H,6,8H2,2-4H3. The Morgan fingerprint density at radius 2 is 2.10 bits per heavy atom. The fraction of sp³-hybridized carbons (Fsp3) is 0.600. The highest BCUT2D eigenvalue weighted by Crippen LogP contribution is 2.07. The molecule has 0 aromatic heterocycles. The van der Waals surface area contributed by atoms with Gasteiger partial charge in [-0.1, -0.05) is 31.2 Å². The molecule has 0 aromatic rings. The number of hydrogen-bond donors (Lipinski definition) is 0. The Labute approximate surface area is 64.6 Å². The molecule has 0 bridgehead atoms. The average molecular weight is 137 g/mol. The van der Waals surface area contributed by atoms with Crippen molar-refractivity contribution in [3.8, 4) is 0 Å². The van der Waals surface area contributed by atoms with Crippen molar-refractivity contribution in [1.82, 2.24) is 0 Å². The van der Waals surface area contributed by atoms with Gasteiger partial charge < -0.3 is 0 Å². The summed E-state index contributed by atoms with van der Waals surface area (Å²) >= 11 is 0. The van der Waals surface area contributed by atoms with Gasteiger partial charge in [-0.2, -0.15) is 0 Å². The molecule has 0 aliphatic carbocycles. The van der Waals surface area contributed by atoms with Gasteiger partial charge in [-0.15, -0.1) is 0 Å². The lowest BCUT2D eigenvalue weighted by Crippen LogP contribution is -1.86. The van der Waals surface area contributed by atoms with E-state index >= 15 is 0 Å². The molecular formula is C10H17. The van der Waals surface area contributed by atoms with Gasteiger partial charge in [-0.3, -0.25) is 0 Å². The summed E-state index contributed by atoms with van der Waals surface area (Å²) in [5.41, 5.74) is 1.39. The van der Waals surface area contributed by atoms with Gasteiger partial charge in [0.05, 0.1) is 0 Å². The van der Waals surface area contributed by atoms with E-state index in [2.05, 4.69) is 26.8 Å². The summed E-state index contributed by atoms with van der Waals surface area (Å²) in [6.07, 6.45) is 6.33. The minimum absolute atomic E-state index is 0.551. The highest BCUT2D eigenvalue weighted by Gasteiger charge is 1.92. The summed E-state index contributed by atoms with van der Waals surface area (Å²) in [5.74, 6) is 0.551. The average Bonchev–Trinajstić information content (AvgIpc) is 1.87. The Morgan fingerprint density at radius 1 is 1.50 bits per heavy atom. The Kier molecular flexibility index (Phi) is 5.00. The van der Waals surface area contributed by atoms with Crippen LogP contribution in [0.15, 0.2) is 17.7 Å². The second kappa shape index (κ2) is 5.28. The maximum Gasteiger partial charge on any atom is -0.0256 e. The SMILES string of the molecule is [CH]=CC(C)CCC=C(C)C. The van der Waals surface area contributed by atoms with Crippen LogP contribution in [0.25, 0.3) is 0 Å². The predicted octanol–water partition coefficient (Wildman–Crippen LogP) is 3.36. The van der Waals surface area contributed by atoms with Gasteiger partial charge in [-0.25, -0.2) is 0 Å². The molecule has 0 amide bonds. The third kappa shape index (κ3) is 5.61.